The predicted octanol–water partition coefficient (Wildman–Crippen LogP) is 15.6. The smallest absolute Gasteiger partial charge is 0.0624 e. The van der Waals surface area contributed by atoms with Gasteiger partial charge in [0.25, 0.3) is 0 Å². The largest absolute Gasteiger partial charge is 0.146 e. The van der Waals surface area contributed by atoms with Crippen LogP contribution in [0.2, 0.25) is 13.1 Å². The van der Waals surface area contributed by atoms with Gasteiger partial charge >= 0.3 is 0 Å². The fourth-order valence-corrected chi connectivity index (χ4v) is 19.0. The fourth-order valence-electron chi connectivity index (χ4n) is 11.2. The summed E-state index contributed by atoms with van der Waals surface area (Å²) in [5.74, 6) is 0. The van der Waals surface area contributed by atoms with Crippen molar-refractivity contribution in [3.63, 3.8) is 0 Å². The van der Waals surface area contributed by atoms with Crippen LogP contribution in [0.3, 0.4) is 0 Å². The van der Waals surface area contributed by atoms with E-state index < -0.39 is 16.1 Å². The van der Waals surface area contributed by atoms with E-state index in [-0.39, 0.29) is 0 Å². The van der Waals surface area contributed by atoms with Crippen molar-refractivity contribution in [2.24, 2.45) is 0 Å². The van der Waals surface area contributed by atoms with Crippen molar-refractivity contribution in [2.75, 3.05) is 0 Å². The monoisotopic (exact) mass is 1000 g/mol. The zero-order valence-electron chi connectivity index (χ0n) is 43.2. The molecule has 0 aromatic heterocycles. The molecule has 76 heavy (non-hydrogen) atoms. The van der Waals surface area contributed by atoms with Crippen molar-refractivity contribution >= 4 is 47.3 Å². The van der Waals surface area contributed by atoms with Crippen LogP contribution in [-0.4, -0.2) is 16.1 Å². The van der Waals surface area contributed by atoms with Crippen molar-refractivity contribution in [3.8, 4) is 66.8 Å². The van der Waals surface area contributed by atoms with Crippen LogP contribution in [0.5, 0.6) is 0 Å². The highest BCUT2D eigenvalue weighted by Gasteiger charge is 2.39. The summed E-state index contributed by atoms with van der Waals surface area (Å²) in [6.45, 7) is 5.03. The molecule has 0 saturated heterocycles. The van der Waals surface area contributed by atoms with E-state index in [2.05, 4.69) is 341 Å². The Morgan fingerprint density at radius 1 is 0.184 bits per heavy atom. The third-order valence-electron chi connectivity index (χ3n) is 15.3. The molecule has 0 amide bonds. The van der Waals surface area contributed by atoms with Gasteiger partial charge in [0, 0.05) is 0 Å². The van der Waals surface area contributed by atoms with Gasteiger partial charge < -0.3 is 0 Å². The third-order valence-corrected chi connectivity index (χ3v) is 24.2. The predicted molar refractivity (Wildman–Crippen MR) is 332 cm³/mol. The van der Waals surface area contributed by atoms with Crippen molar-refractivity contribution in [1.29, 1.82) is 0 Å². The van der Waals surface area contributed by atoms with Gasteiger partial charge in [0.05, 0.1) is 0 Å². The summed E-state index contributed by atoms with van der Waals surface area (Å²) >= 11 is 0. The molecule has 0 aliphatic rings. The van der Waals surface area contributed by atoms with Crippen molar-refractivity contribution in [2.45, 2.75) is 13.1 Å². The first-order valence-electron chi connectivity index (χ1n) is 26.4. The lowest BCUT2D eigenvalue weighted by atomic mass is 9.91. The summed E-state index contributed by atoms with van der Waals surface area (Å²) in [4.78, 5) is 0. The maximum Gasteiger partial charge on any atom is 0.146 e. The number of hydrogen-bond acceptors (Lipinski definition) is 0. The molecule has 364 valence electrons. The summed E-state index contributed by atoms with van der Waals surface area (Å²) < 4.78 is 0. The van der Waals surface area contributed by atoms with Gasteiger partial charge in [-0.15, -0.1) is 0 Å². The van der Waals surface area contributed by atoms with Gasteiger partial charge in [0.1, 0.15) is 16.1 Å². The first-order chi connectivity index (χ1) is 37.5. The second-order valence-electron chi connectivity index (χ2n) is 19.8. The van der Waals surface area contributed by atoms with E-state index in [0.717, 1.165) is 0 Å². The minimum Gasteiger partial charge on any atom is -0.0624 e. The van der Waals surface area contributed by atoms with Gasteiger partial charge in [0.2, 0.25) is 0 Å². The highest BCUT2D eigenvalue weighted by molar-refractivity contribution is 7.12. The second kappa shape index (κ2) is 22.7. The van der Waals surface area contributed by atoms with Crippen LogP contribution in [0.4, 0.5) is 0 Å². The van der Waals surface area contributed by atoms with E-state index in [4.69, 9.17) is 0 Å². The normalized spacial score (nSPS) is 11.3. The van der Waals surface area contributed by atoms with Gasteiger partial charge in [-0.25, -0.2) is 0 Å². The molecule has 0 heterocycles. The topological polar surface area (TPSA) is 0 Å². The second-order valence-corrected chi connectivity index (χ2v) is 27.7. The van der Waals surface area contributed by atoms with Crippen molar-refractivity contribution in [3.05, 3.63) is 328 Å². The summed E-state index contributed by atoms with van der Waals surface area (Å²) in [7, 11) is -4.87. The molecule has 0 atom stereocenters. The molecule has 0 radical (unpaired) electrons. The Morgan fingerprint density at radius 2 is 0.382 bits per heavy atom. The van der Waals surface area contributed by atoms with E-state index in [0.29, 0.717) is 0 Å². The van der Waals surface area contributed by atoms with E-state index in [9.17, 15) is 0 Å². The molecule has 0 N–H and O–H groups in total. The molecule has 0 aliphatic heterocycles. The molecule has 0 aliphatic carbocycles. The van der Waals surface area contributed by atoms with Crippen LogP contribution < -0.4 is 31.1 Å². The summed E-state index contributed by atoms with van der Waals surface area (Å²) in [5, 5.41) is 8.50. The first-order valence-corrected chi connectivity index (χ1v) is 31.4. The highest BCUT2D eigenvalue weighted by atomic mass is 28.3. The average molecular weight is 1010 g/mol. The Morgan fingerprint density at radius 3 is 0.618 bits per heavy atom. The van der Waals surface area contributed by atoms with E-state index in [1.807, 2.05) is 0 Å². The molecule has 0 fully saturated rings. The highest BCUT2D eigenvalue weighted by Crippen LogP contribution is 2.38. The molecular weight excluding hydrogens is 945 g/mol. The Balaban J connectivity index is 0.000000162. The first kappa shape index (κ1) is 49.3. The fraction of sp³-hybridized carbons (Fsp3) is 0.0270. The van der Waals surface area contributed by atoms with Crippen LogP contribution in [-0.2, 0) is 0 Å². The van der Waals surface area contributed by atoms with Gasteiger partial charge in [-0.3, -0.25) is 0 Å². The van der Waals surface area contributed by atoms with Crippen LogP contribution >= 0.6 is 0 Å². The van der Waals surface area contributed by atoms with Crippen LogP contribution in [0.15, 0.2) is 328 Å². The number of hydrogen-bond donors (Lipinski definition) is 0. The zero-order chi connectivity index (χ0) is 51.6. The van der Waals surface area contributed by atoms with Crippen molar-refractivity contribution < 1.29 is 0 Å². The van der Waals surface area contributed by atoms with Gasteiger partial charge in [0.15, 0.2) is 0 Å². The standard InChI is InChI=1S/2C37H30Si/c2*1-38(33-23-13-5-14-24-33,34-25-15-6-16-26-34)36-28-32(29-17-7-2-8-18-29)27-35(30-19-9-3-10-20-30)37(36)31-21-11-4-12-22-31/h2*2-28H,1H3. The van der Waals surface area contributed by atoms with Gasteiger partial charge in [-0.05, 0) is 110 Å². The van der Waals surface area contributed by atoms with Crippen molar-refractivity contribution in [1.82, 2.24) is 0 Å². The van der Waals surface area contributed by atoms with E-state index >= 15 is 0 Å². The maximum atomic E-state index is 2.52. The molecule has 12 aromatic rings. The molecule has 2 heteroatoms. The van der Waals surface area contributed by atoms with E-state index in [1.165, 1.54) is 97.9 Å². The lowest BCUT2D eigenvalue weighted by molar-refractivity contribution is 1.57. The number of rotatable bonds is 12. The molecule has 0 saturated carbocycles. The zero-order valence-corrected chi connectivity index (χ0v) is 45.2. The maximum absolute atomic E-state index is 2.52. The Bertz CT molecular complexity index is 3430. The van der Waals surface area contributed by atoms with Crippen LogP contribution in [0.25, 0.3) is 66.8 Å². The summed E-state index contributed by atoms with van der Waals surface area (Å²) in [6, 6.07) is 120. The quantitative estimate of drug-likeness (QED) is 0.0845. The SMILES string of the molecule is C[Si](c1ccccc1)(c1ccccc1)c1cc(-c2ccccc2)cc(-c2ccccc2)c1-c1ccccc1.C[Si](c1ccccc1)(c1ccccc1)c1cc(-c2ccccc2)cc(-c2ccccc2)c1-c1ccccc1. The Labute approximate surface area is 452 Å². The lowest BCUT2D eigenvalue weighted by Crippen LogP contribution is -2.65. The molecule has 0 nitrogen and oxygen atoms in total. The Hall–Kier alpha value is -8.93. The van der Waals surface area contributed by atoms with Gasteiger partial charge in [-0.2, -0.15) is 0 Å². The third kappa shape index (κ3) is 10.0. The lowest BCUT2D eigenvalue weighted by Gasteiger charge is -2.33. The molecule has 12 rings (SSSR count). The van der Waals surface area contributed by atoms with Crippen LogP contribution in [0.1, 0.15) is 0 Å². The molecule has 12 aromatic carbocycles. The van der Waals surface area contributed by atoms with Gasteiger partial charge in [-0.1, -0.05) is 329 Å². The average Bonchev–Trinajstić information content (AvgIpc) is 3.54. The summed E-state index contributed by atoms with van der Waals surface area (Å²) in [5.41, 5.74) is 15.2. The Kier molecular flexibility index (Phi) is 14.7. The minimum atomic E-state index is -2.43. The number of benzene rings is 12. The molecule has 0 spiro atoms. The molecule has 0 bridgehead atoms. The summed E-state index contributed by atoms with van der Waals surface area (Å²) in [6.07, 6.45) is 0. The molecular formula is C74H60Si2. The minimum absolute atomic E-state index is 1.24. The van der Waals surface area contributed by atoms with E-state index in [1.54, 1.807) is 0 Å². The van der Waals surface area contributed by atoms with Crippen LogP contribution in [0, 0.1) is 0 Å². The molecule has 0 unspecified atom stereocenters.